The van der Waals surface area contributed by atoms with Gasteiger partial charge >= 0.3 is 0 Å². The Bertz CT molecular complexity index is 1270. The van der Waals surface area contributed by atoms with Gasteiger partial charge < -0.3 is 10.6 Å². The van der Waals surface area contributed by atoms with E-state index in [1.54, 1.807) is 0 Å². The molecule has 5 nitrogen and oxygen atoms in total. The number of thiazole rings is 1. The van der Waals surface area contributed by atoms with Gasteiger partial charge in [0.05, 0.1) is 0 Å². The van der Waals surface area contributed by atoms with E-state index in [0.717, 1.165) is 45.7 Å². The number of aromatic nitrogens is 2. The van der Waals surface area contributed by atoms with Gasteiger partial charge in [0.25, 0.3) is 0 Å². The molecule has 0 spiro atoms. The molecule has 1 aliphatic rings. The average Bonchev–Trinajstić information content (AvgIpc) is 3.19. The number of rotatable bonds is 5. The predicted molar refractivity (Wildman–Crippen MR) is 133 cm³/mol. The van der Waals surface area contributed by atoms with Gasteiger partial charge in [-0.3, -0.25) is 4.79 Å². The zero-order chi connectivity index (χ0) is 22.1. The number of benzene rings is 2. The molecule has 4 aromatic rings. The van der Waals surface area contributed by atoms with Crippen molar-refractivity contribution in [2.24, 2.45) is 0 Å². The summed E-state index contributed by atoms with van der Waals surface area (Å²) in [5, 5.41) is 0.511. The number of nitrogens with two attached hydrogens (primary N) is 1. The van der Waals surface area contributed by atoms with Crippen molar-refractivity contribution in [3.8, 4) is 11.1 Å². The number of piperidine rings is 1. The van der Waals surface area contributed by atoms with Crippen LogP contribution in [0.3, 0.4) is 0 Å². The van der Waals surface area contributed by atoms with E-state index >= 15 is 0 Å². The number of nitrogens with zero attached hydrogens (tertiary/aromatic N) is 3. The summed E-state index contributed by atoms with van der Waals surface area (Å²) in [5.41, 5.74) is 12.6. The molecule has 2 N–H and O–H groups in total. The minimum Gasteiger partial charge on any atom is -0.375 e. The van der Waals surface area contributed by atoms with Crippen molar-refractivity contribution in [3.63, 3.8) is 0 Å². The summed E-state index contributed by atoms with van der Waals surface area (Å²) in [5.74, 6) is 0.115. The summed E-state index contributed by atoms with van der Waals surface area (Å²) in [6.45, 7) is 4.29. The Hall–Kier alpha value is -3.25. The van der Waals surface area contributed by atoms with Crippen LogP contribution in [-0.4, -0.2) is 28.8 Å². The first kappa shape index (κ1) is 20.6. The normalized spacial score (nSPS) is 14.1. The maximum Gasteiger partial charge on any atom is 0.182 e. The molecule has 2 aromatic heterocycles. The lowest BCUT2D eigenvalue weighted by Gasteiger charge is -2.28. The van der Waals surface area contributed by atoms with Crippen LogP contribution in [0.25, 0.3) is 21.5 Å². The number of nitrogen functional groups attached to an aromatic ring is 1. The van der Waals surface area contributed by atoms with Crippen molar-refractivity contribution in [1.29, 1.82) is 0 Å². The maximum atomic E-state index is 13.1. The quantitative estimate of drug-likeness (QED) is 0.404. The molecule has 162 valence electrons. The summed E-state index contributed by atoms with van der Waals surface area (Å²) in [4.78, 5) is 25.2. The molecule has 2 aromatic carbocycles. The number of fused-ring (bicyclic) bond motifs is 1. The van der Waals surface area contributed by atoms with E-state index in [0.29, 0.717) is 17.1 Å². The first-order valence-corrected chi connectivity index (χ1v) is 11.9. The van der Waals surface area contributed by atoms with Crippen LogP contribution in [0, 0.1) is 6.92 Å². The first-order valence-electron chi connectivity index (χ1n) is 11.1. The lowest BCUT2D eigenvalue weighted by atomic mass is 9.95. The van der Waals surface area contributed by atoms with Gasteiger partial charge in [0, 0.05) is 42.5 Å². The van der Waals surface area contributed by atoms with E-state index < -0.39 is 0 Å². The Kier molecular flexibility index (Phi) is 5.62. The largest absolute Gasteiger partial charge is 0.375 e. The van der Waals surface area contributed by atoms with Crippen LogP contribution in [0.4, 0.5) is 10.8 Å². The Balaban J connectivity index is 1.35. The fraction of sp³-hybridized carbons (Fsp3) is 0.269. The zero-order valence-electron chi connectivity index (χ0n) is 18.2. The molecular weight excluding hydrogens is 416 g/mol. The van der Waals surface area contributed by atoms with E-state index in [2.05, 4.69) is 39.1 Å². The van der Waals surface area contributed by atoms with Crippen molar-refractivity contribution in [2.75, 3.05) is 23.7 Å². The van der Waals surface area contributed by atoms with Crippen LogP contribution < -0.4 is 10.6 Å². The SMILES string of the molecule is Cc1ccc(C(=O)Cc2ccc(N3CCCCC3)cc2)cc1-c1cnc2sc(N)nc2c1. The topological polar surface area (TPSA) is 72.1 Å². The third kappa shape index (κ3) is 4.23. The summed E-state index contributed by atoms with van der Waals surface area (Å²) in [6.07, 6.45) is 6.06. The minimum atomic E-state index is 0.115. The van der Waals surface area contributed by atoms with Gasteiger partial charge in [0.1, 0.15) is 10.3 Å². The molecule has 1 aliphatic heterocycles. The van der Waals surface area contributed by atoms with Gasteiger partial charge in [-0.05, 0) is 67.1 Å². The molecule has 3 heterocycles. The van der Waals surface area contributed by atoms with E-state index in [9.17, 15) is 4.79 Å². The molecule has 32 heavy (non-hydrogen) atoms. The zero-order valence-corrected chi connectivity index (χ0v) is 19.0. The number of anilines is 2. The van der Waals surface area contributed by atoms with Crippen molar-refractivity contribution < 1.29 is 4.79 Å². The number of Topliss-reactive ketones (excluding diaryl/α,β-unsaturated/α-hetero) is 1. The van der Waals surface area contributed by atoms with Crippen LogP contribution in [0.2, 0.25) is 0 Å². The molecule has 0 saturated carbocycles. The Labute approximate surface area is 191 Å². The van der Waals surface area contributed by atoms with E-state index in [-0.39, 0.29) is 5.78 Å². The molecule has 0 bridgehead atoms. The van der Waals surface area contributed by atoms with Crippen LogP contribution in [0.5, 0.6) is 0 Å². The first-order chi connectivity index (χ1) is 15.6. The van der Waals surface area contributed by atoms with E-state index in [1.165, 1.54) is 36.3 Å². The van der Waals surface area contributed by atoms with Gasteiger partial charge in [0.2, 0.25) is 0 Å². The lowest BCUT2D eigenvalue weighted by Crippen LogP contribution is -2.29. The number of hydrogen-bond acceptors (Lipinski definition) is 6. The fourth-order valence-corrected chi connectivity index (χ4v) is 5.01. The number of carbonyl (C=O) groups excluding carboxylic acids is 1. The highest BCUT2D eigenvalue weighted by molar-refractivity contribution is 7.21. The number of ketones is 1. The summed E-state index contributed by atoms with van der Waals surface area (Å²) in [7, 11) is 0. The molecule has 0 amide bonds. The van der Waals surface area contributed by atoms with Crippen molar-refractivity contribution in [3.05, 3.63) is 71.4 Å². The van der Waals surface area contributed by atoms with Crippen molar-refractivity contribution in [1.82, 2.24) is 9.97 Å². The highest BCUT2D eigenvalue weighted by Gasteiger charge is 2.14. The molecule has 0 atom stereocenters. The van der Waals surface area contributed by atoms with E-state index in [4.69, 9.17) is 5.73 Å². The van der Waals surface area contributed by atoms with Crippen LogP contribution >= 0.6 is 11.3 Å². The average molecular weight is 443 g/mol. The van der Waals surface area contributed by atoms with Crippen molar-refractivity contribution in [2.45, 2.75) is 32.6 Å². The van der Waals surface area contributed by atoms with Gasteiger partial charge in [-0.25, -0.2) is 9.97 Å². The minimum absolute atomic E-state index is 0.115. The standard InChI is InChI=1S/C26H26N4OS/c1-17-5-8-19(14-22(17)20-15-23-25(28-16-20)32-26(27)29-23)24(31)13-18-6-9-21(10-7-18)30-11-3-2-4-12-30/h5-10,14-16H,2-4,11-13H2,1H3,(H2,27,29). The summed E-state index contributed by atoms with van der Waals surface area (Å²) in [6, 6.07) is 16.3. The lowest BCUT2D eigenvalue weighted by molar-refractivity contribution is 0.0993. The Morgan fingerprint density at radius 1 is 1.06 bits per heavy atom. The Morgan fingerprint density at radius 2 is 1.84 bits per heavy atom. The molecule has 1 saturated heterocycles. The van der Waals surface area contributed by atoms with Gasteiger partial charge in [-0.2, -0.15) is 0 Å². The fourth-order valence-electron chi connectivity index (χ4n) is 4.36. The third-order valence-electron chi connectivity index (χ3n) is 6.16. The van der Waals surface area contributed by atoms with Crippen molar-refractivity contribution >= 4 is 38.3 Å². The second kappa shape index (κ2) is 8.71. The monoisotopic (exact) mass is 442 g/mol. The summed E-state index contributed by atoms with van der Waals surface area (Å²) >= 11 is 1.38. The highest BCUT2D eigenvalue weighted by Crippen LogP contribution is 2.30. The van der Waals surface area contributed by atoms with Crippen LogP contribution in [-0.2, 0) is 6.42 Å². The molecule has 1 fully saturated rings. The molecule has 0 aliphatic carbocycles. The number of hydrogen-bond donors (Lipinski definition) is 1. The second-order valence-electron chi connectivity index (χ2n) is 8.44. The Morgan fingerprint density at radius 3 is 2.62 bits per heavy atom. The number of carbonyl (C=O) groups is 1. The number of pyridine rings is 1. The smallest absolute Gasteiger partial charge is 0.182 e. The van der Waals surface area contributed by atoms with E-state index in [1.807, 2.05) is 37.4 Å². The maximum absolute atomic E-state index is 13.1. The predicted octanol–water partition coefficient (Wildman–Crippen LogP) is 5.66. The third-order valence-corrected chi connectivity index (χ3v) is 6.97. The highest BCUT2D eigenvalue weighted by atomic mass is 32.1. The summed E-state index contributed by atoms with van der Waals surface area (Å²) < 4.78 is 0. The van der Waals surface area contributed by atoms with Gasteiger partial charge in [0.15, 0.2) is 10.9 Å². The molecule has 6 heteroatoms. The van der Waals surface area contributed by atoms with Gasteiger partial charge in [-0.1, -0.05) is 35.6 Å². The van der Waals surface area contributed by atoms with Gasteiger partial charge in [-0.15, -0.1) is 0 Å². The molecule has 5 rings (SSSR count). The van der Waals surface area contributed by atoms with Crippen LogP contribution in [0.1, 0.15) is 40.7 Å². The van der Waals surface area contributed by atoms with Crippen LogP contribution in [0.15, 0.2) is 54.7 Å². The molecular formula is C26H26N4OS. The number of aryl methyl sites for hydroxylation is 1. The second-order valence-corrected chi connectivity index (χ2v) is 9.45. The molecule has 0 radical (unpaired) electrons. The molecule has 0 unspecified atom stereocenters.